The van der Waals surface area contributed by atoms with E-state index in [4.69, 9.17) is 11.6 Å². The number of rotatable bonds is 1. The van der Waals surface area contributed by atoms with Crippen molar-refractivity contribution in [3.05, 3.63) is 40.7 Å². The molecule has 2 heterocycles. The molecule has 0 spiro atoms. The first-order valence-electron chi connectivity index (χ1n) is 6.51. The molecule has 0 saturated carbocycles. The highest BCUT2D eigenvalue weighted by Gasteiger charge is 2.22. The Morgan fingerprint density at radius 2 is 2.05 bits per heavy atom. The lowest BCUT2D eigenvalue weighted by atomic mass is 10.0. The van der Waals surface area contributed by atoms with Crippen LogP contribution in [0.3, 0.4) is 0 Å². The minimum absolute atomic E-state index is 0.0703. The minimum Gasteiger partial charge on any atom is -0.339 e. The van der Waals surface area contributed by atoms with Gasteiger partial charge in [-0.05, 0) is 25.3 Å². The first-order valence-corrected chi connectivity index (χ1v) is 6.89. The van der Waals surface area contributed by atoms with E-state index in [1.165, 1.54) is 0 Å². The summed E-state index contributed by atoms with van der Waals surface area (Å²) in [5.74, 6) is 0.0703. The number of pyridine rings is 1. The van der Waals surface area contributed by atoms with Gasteiger partial charge >= 0.3 is 0 Å². The number of fused-ring (bicyclic) bond motifs is 1. The van der Waals surface area contributed by atoms with Crippen molar-refractivity contribution in [3.63, 3.8) is 0 Å². The van der Waals surface area contributed by atoms with Gasteiger partial charge in [-0.15, -0.1) is 0 Å². The predicted molar refractivity (Wildman–Crippen MR) is 76.6 cm³/mol. The molecule has 3 rings (SSSR count). The number of carbonyl (C=O) groups excluding carboxylic acids is 1. The van der Waals surface area contributed by atoms with Crippen LogP contribution < -0.4 is 0 Å². The Labute approximate surface area is 117 Å². The SMILES string of the molecule is Cc1cccc2c(Cl)ncc(C(=O)N3CCCC3)c12. The van der Waals surface area contributed by atoms with Crippen LogP contribution in [0.15, 0.2) is 24.4 Å². The first-order chi connectivity index (χ1) is 9.18. The van der Waals surface area contributed by atoms with Crippen LogP contribution in [-0.2, 0) is 0 Å². The van der Waals surface area contributed by atoms with Crippen LogP contribution in [0.25, 0.3) is 10.8 Å². The Morgan fingerprint density at radius 3 is 2.79 bits per heavy atom. The van der Waals surface area contributed by atoms with E-state index in [1.54, 1.807) is 6.20 Å². The fourth-order valence-corrected chi connectivity index (χ4v) is 2.91. The number of aryl methyl sites for hydroxylation is 1. The number of hydrogen-bond acceptors (Lipinski definition) is 2. The van der Waals surface area contributed by atoms with E-state index >= 15 is 0 Å². The molecule has 3 nitrogen and oxygen atoms in total. The topological polar surface area (TPSA) is 33.2 Å². The molecule has 1 fully saturated rings. The lowest BCUT2D eigenvalue weighted by Crippen LogP contribution is -2.28. The van der Waals surface area contributed by atoms with Gasteiger partial charge in [-0.25, -0.2) is 4.98 Å². The normalized spacial score (nSPS) is 15.2. The average Bonchev–Trinajstić information content (AvgIpc) is 2.93. The molecule has 0 aliphatic carbocycles. The molecule has 0 unspecified atom stereocenters. The molecule has 1 aliphatic rings. The molecular formula is C15H15ClN2O. The fourth-order valence-electron chi connectivity index (χ4n) is 2.71. The predicted octanol–water partition coefficient (Wildman–Crippen LogP) is 3.43. The largest absolute Gasteiger partial charge is 0.339 e. The highest BCUT2D eigenvalue weighted by molar-refractivity contribution is 6.35. The van der Waals surface area contributed by atoms with Crippen molar-refractivity contribution in [2.45, 2.75) is 19.8 Å². The average molecular weight is 275 g/mol. The lowest BCUT2D eigenvalue weighted by molar-refractivity contribution is 0.0794. The zero-order valence-corrected chi connectivity index (χ0v) is 11.6. The van der Waals surface area contributed by atoms with E-state index in [9.17, 15) is 4.79 Å². The van der Waals surface area contributed by atoms with Crippen LogP contribution in [0.1, 0.15) is 28.8 Å². The lowest BCUT2D eigenvalue weighted by Gasteiger charge is -2.17. The summed E-state index contributed by atoms with van der Waals surface area (Å²) < 4.78 is 0. The molecular weight excluding hydrogens is 260 g/mol. The Morgan fingerprint density at radius 1 is 1.32 bits per heavy atom. The van der Waals surface area contributed by atoms with Gasteiger partial charge in [0.1, 0.15) is 5.15 Å². The molecule has 1 aromatic heterocycles. The summed E-state index contributed by atoms with van der Waals surface area (Å²) in [5, 5.41) is 2.24. The van der Waals surface area contributed by atoms with Gasteiger partial charge in [0, 0.05) is 30.1 Å². The van der Waals surface area contributed by atoms with Crippen LogP contribution >= 0.6 is 11.6 Å². The van der Waals surface area contributed by atoms with E-state index in [-0.39, 0.29) is 5.91 Å². The number of benzene rings is 1. The van der Waals surface area contributed by atoms with Crippen LogP contribution in [0, 0.1) is 6.92 Å². The molecule has 1 saturated heterocycles. The van der Waals surface area contributed by atoms with Gasteiger partial charge in [0.2, 0.25) is 0 Å². The summed E-state index contributed by atoms with van der Waals surface area (Å²) in [6, 6.07) is 5.85. The molecule has 4 heteroatoms. The van der Waals surface area contributed by atoms with Gasteiger partial charge in [0.15, 0.2) is 0 Å². The van der Waals surface area contributed by atoms with E-state index in [0.717, 1.165) is 42.3 Å². The molecule has 0 radical (unpaired) electrons. The van der Waals surface area contributed by atoms with Gasteiger partial charge in [-0.3, -0.25) is 4.79 Å². The Bertz CT molecular complexity index is 648. The first kappa shape index (κ1) is 12.4. The van der Waals surface area contributed by atoms with Crippen LogP contribution in [0.2, 0.25) is 5.15 Å². The third-order valence-electron chi connectivity index (χ3n) is 3.70. The monoisotopic (exact) mass is 274 g/mol. The van der Waals surface area contributed by atoms with Crippen molar-refractivity contribution in [1.82, 2.24) is 9.88 Å². The number of amides is 1. The van der Waals surface area contributed by atoms with Crippen molar-refractivity contribution in [2.24, 2.45) is 0 Å². The minimum atomic E-state index is 0.0703. The summed E-state index contributed by atoms with van der Waals surface area (Å²) in [4.78, 5) is 18.6. The summed E-state index contributed by atoms with van der Waals surface area (Å²) in [7, 11) is 0. The molecule has 2 aromatic rings. The van der Waals surface area contributed by atoms with Crippen molar-refractivity contribution in [2.75, 3.05) is 13.1 Å². The number of halogens is 1. The Kier molecular flexibility index (Phi) is 3.15. The van der Waals surface area contributed by atoms with Gasteiger partial charge in [-0.2, -0.15) is 0 Å². The quantitative estimate of drug-likeness (QED) is 0.747. The second-order valence-corrected chi connectivity index (χ2v) is 5.32. The number of likely N-dealkylation sites (tertiary alicyclic amines) is 1. The number of nitrogens with zero attached hydrogens (tertiary/aromatic N) is 2. The molecule has 98 valence electrons. The van der Waals surface area contributed by atoms with Crippen molar-refractivity contribution in [3.8, 4) is 0 Å². The van der Waals surface area contributed by atoms with Crippen molar-refractivity contribution >= 4 is 28.3 Å². The molecule has 1 aromatic carbocycles. The number of aromatic nitrogens is 1. The maximum Gasteiger partial charge on any atom is 0.256 e. The second kappa shape index (κ2) is 4.82. The zero-order valence-electron chi connectivity index (χ0n) is 10.8. The highest BCUT2D eigenvalue weighted by Crippen LogP contribution is 2.28. The van der Waals surface area contributed by atoms with Crippen molar-refractivity contribution in [1.29, 1.82) is 0 Å². The number of hydrogen-bond donors (Lipinski definition) is 0. The molecule has 0 atom stereocenters. The van der Waals surface area contributed by atoms with E-state index in [1.807, 2.05) is 30.0 Å². The van der Waals surface area contributed by atoms with Crippen LogP contribution in [-0.4, -0.2) is 28.9 Å². The van der Waals surface area contributed by atoms with E-state index in [0.29, 0.717) is 10.7 Å². The second-order valence-electron chi connectivity index (χ2n) is 4.96. The van der Waals surface area contributed by atoms with Crippen LogP contribution in [0.4, 0.5) is 0 Å². The zero-order chi connectivity index (χ0) is 13.4. The highest BCUT2D eigenvalue weighted by atomic mass is 35.5. The Hall–Kier alpha value is -1.61. The summed E-state index contributed by atoms with van der Waals surface area (Å²) >= 11 is 6.13. The van der Waals surface area contributed by atoms with Gasteiger partial charge in [0.05, 0.1) is 5.56 Å². The maximum atomic E-state index is 12.6. The standard InChI is InChI=1S/C15H15ClN2O/c1-10-5-4-6-11-13(10)12(9-17-14(11)16)15(19)18-7-2-3-8-18/h4-6,9H,2-3,7-8H2,1H3. The third kappa shape index (κ3) is 2.08. The summed E-state index contributed by atoms with van der Waals surface area (Å²) in [6.07, 6.45) is 3.78. The van der Waals surface area contributed by atoms with Gasteiger partial charge in [-0.1, -0.05) is 29.8 Å². The molecule has 1 aliphatic heterocycles. The third-order valence-corrected chi connectivity index (χ3v) is 4.00. The molecule has 19 heavy (non-hydrogen) atoms. The van der Waals surface area contributed by atoms with Crippen molar-refractivity contribution < 1.29 is 4.79 Å². The van der Waals surface area contributed by atoms with E-state index < -0.39 is 0 Å². The molecule has 0 N–H and O–H groups in total. The fraction of sp³-hybridized carbons (Fsp3) is 0.333. The molecule has 0 bridgehead atoms. The van der Waals surface area contributed by atoms with Gasteiger partial charge < -0.3 is 4.90 Å². The summed E-state index contributed by atoms with van der Waals surface area (Å²) in [6.45, 7) is 3.68. The smallest absolute Gasteiger partial charge is 0.256 e. The number of carbonyl (C=O) groups is 1. The maximum absolute atomic E-state index is 12.6. The van der Waals surface area contributed by atoms with Gasteiger partial charge in [0.25, 0.3) is 5.91 Å². The molecule has 1 amide bonds. The van der Waals surface area contributed by atoms with E-state index in [2.05, 4.69) is 4.98 Å². The Balaban J connectivity index is 2.18. The van der Waals surface area contributed by atoms with Crippen LogP contribution in [0.5, 0.6) is 0 Å². The summed E-state index contributed by atoms with van der Waals surface area (Å²) in [5.41, 5.74) is 1.73.